The number of para-hydroxylation sites is 1. The van der Waals surface area contributed by atoms with Crippen LogP contribution in [-0.2, 0) is 11.8 Å². The molecule has 1 aliphatic rings. The van der Waals surface area contributed by atoms with Gasteiger partial charge in [0, 0.05) is 12.0 Å². The van der Waals surface area contributed by atoms with Gasteiger partial charge in [0.25, 0.3) is 0 Å². The van der Waals surface area contributed by atoms with Gasteiger partial charge in [0.2, 0.25) is 0 Å². The number of ether oxygens (including phenoxy) is 1. The third kappa shape index (κ3) is 2.22. The molecule has 0 amide bonds. The fraction of sp³-hybridized carbons (Fsp3) is 0.278. The summed E-state index contributed by atoms with van der Waals surface area (Å²) in [7, 11) is 0. The average Bonchev–Trinajstić information content (AvgIpc) is 2.53. The van der Waals surface area contributed by atoms with Crippen LogP contribution in [0.25, 0.3) is 0 Å². The van der Waals surface area contributed by atoms with Gasteiger partial charge in [-0.2, -0.15) is 0 Å². The van der Waals surface area contributed by atoms with E-state index in [2.05, 4.69) is 20.8 Å². The Kier molecular flexibility index (Phi) is 2.89. The molecule has 1 aliphatic heterocycles. The predicted molar refractivity (Wildman–Crippen MR) is 79.7 cm³/mol. The quantitative estimate of drug-likeness (QED) is 0.701. The molecule has 1 heterocycles. The summed E-state index contributed by atoms with van der Waals surface area (Å²) in [6, 6.07) is 13.7. The Bertz CT molecular complexity index is 678. The van der Waals surface area contributed by atoms with Crippen molar-refractivity contribution >= 4 is 5.78 Å². The maximum atomic E-state index is 12.5. The molecule has 0 spiro atoms. The minimum atomic E-state index is 0.0223. The second kappa shape index (κ2) is 4.48. The second-order valence-electron chi connectivity index (χ2n) is 6.27. The lowest BCUT2D eigenvalue weighted by atomic mass is 9.85. The molecular formula is C18H18O2. The van der Waals surface area contributed by atoms with Crippen molar-refractivity contribution in [3.8, 4) is 11.5 Å². The van der Waals surface area contributed by atoms with E-state index in [4.69, 9.17) is 4.74 Å². The van der Waals surface area contributed by atoms with E-state index in [0.29, 0.717) is 17.7 Å². The Hall–Kier alpha value is -2.09. The average molecular weight is 266 g/mol. The summed E-state index contributed by atoms with van der Waals surface area (Å²) in [5.74, 6) is 1.56. The third-order valence-corrected chi connectivity index (χ3v) is 3.69. The van der Waals surface area contributed by atoms with E-state index >= 15 is 0 Å². The lowest BCUT2D eigenvalue weighted by molar-refractivity contribution is 0.0993. The zero-order valence-corrected chi connectivity index (χ0v) is 12.1. The Balaban J connectivity index is 2.11. The highest BCUT2D eigenvalue weighted by Gasteiger charge is 2.23. The molecule has 2 aromatic rings. The molecule has 20 heavy (non-hydrogen) atoms. The van der Waals surface area contributed by atoms with Crippen LogP contribution in [0, 0.1) is 0 Å². The zero-order chi connectivity index (χ0) is 14.3. The second-order valence-corrected chi connectivity index (χ2v) is 6.27. The molecular weight excluding hydrogens is 248 g/mol. The van der Waals surface area contributed by atoms with Gasteiger partial charge in [0.1, 0.15) is 11.5 Å². The molecule has 0 radical (unpaired) electrons. The molecule has 0 atom stereocenters. The van der Waals surface area contributed by atoms with E-state index in [9.17, 15) is 4.79 Å². The van der Waals surface area contributed by atoms with Crippen molar-refractivity contribution in [2.24, 2.45) is 0 Å². The first kappa shape index (κ1) is 12.9. The number of carbonyl (C=O) groups excluding carboxylic acids is 1. The van der Waals surface area contributed by atoms with Crippen molar-refractivity contribution in [2.75, 3.05) is 0 Å². The number of ketones is 1. The molecule has 2 heteroatoms. The predicted octanol–water partition coefficient (Wildman–Crippen LogP) is 4.52. The number of fused-ring (bicyclic) bond motifs is 2. The maximum Gasteiger partial charge on any atom is 0.171 e. The van der Waals surface area contributed by atoms with Gasteiger partial charge >= 0.3 is 0 Å². The maximum absolute atomic E-state index is 12.5. The van der Waals surface area contributed by atoms with Crippen molar-refractivity contribution in [3.63, 3.8) is 0 Å². The first-order chi connectivity index (χ1) is 9.45. The summed E-state index contributed by atoms with van der Waals surface area (Å²) in [6.45, 7) is 6.43. The van der Waals surface area contributed by atoms with Gasteiger partial charge in [-0.05, 0) is 29.2 Å². The summed E-state index contributed by atoms with van der Waals surface area (Å²) in [6.07, 6.45) is 0.400. The minimum absolute atomic E-state index is 0.0223. The highest BCUT2D eigenvalue weighted by molar-refractivity contribution is 6.01. The first-order valence-corrected chi connectivity index (χ1v) is 6.88. The van der Waals surface area contributed by atoms with E-state index in [1.165, 1.54) is 0 Å². The molecule has 0 unspecified atom stereocenters. The van der Waals surface area contributed by atoms with Gasteiger partial charge in [0.15, 0.2) is 5.78 Å². The standard InChI is InChI=1S/C18H18O2/c1-18(2,3)13-8-9-17-14(11-13)15(19)10-12-6-4-5-7-16(12)20-17/h4-9,11H,10H2,1-3H3. The largest absolute Gasteiger partial charge is 0.456 e. The number of Topliss-reactive ketones (excluding diaryl/α,β-unsaturated/α-hetero) is 1. The normalized spacial score (nSPS) is 14.1. The van der Waals surface area contributed by atoms with E-state index in [-0.39, 0.29) is 11.2 Å². The monoisotopic (exact) mass is 266 g/mol. The smallest absolute Gasteiger partial charge is 0.171 e. The van der Waals surface area contributed by atoms with E-state index in [0.717, 1.165) is 16.9 Å². The number of hydrogen-bond donors (Lipinski definition) is 0. The van der Waals surface area contributed by atoms with Crippen LogP contribution in [0.5, 0.6) is 11.5 Å². The fourth-order valence-corrected chi connectivity index (χ4v) is 2.44. The Morgan fingerprint density at radius 2 is 1.75 bits per heavy atom. The zero-order valence-electron chi connectivity index (χ0n) is 12.1. The Morgan fingerprint density at radius 1 is 1.00 bits per heavy atom. The van der Waals surface area contributed by atoms with Crippen LogP contribution in [0.1, 0.15) is 42.3 Å². The van der Waals surface area contributed by atoms with Crippen LogP contribution in [0.15, 0.2) is 42.5 Å². The van der Waals surface area contributed by atoms with Crippen molar-refractivity contribution in [3.05, 3.63) is 59.2 Å². The van der Waals surface area contributed by atoms with Gasteiger partial charge in [-0.15, -0.1) is 0 Å². The molecule has 0 aromatic heterocycles. The van der Waals surface area contributed by atoms with Gasteiger partial charge in [-0.3, -0.25) is 4.79 Å². The van der Waals surface area contributed by atoms with Crippen LogP contribution in [-0.4, -0.2) is 5.78 Å². The highest BCUT2D eigenvalue weighted by Crippen LogP contribution is 2.35. The summed E-state index contributed by atoms with van der Waals surface area (Å²) in [4.78, 5) is 12.5. The van der Waals surface area contributed by atoms with E-state index in [1.54, 1.807) is 0 Å². The third-order valence-electron chi connectivity index (χ3n) is 3.69. The van der Waals surface area contributed by atoms with Crippen LogP contribution in [0.2, 0.25) is 0 Å². The number of carbonyl (C=O) groups is 1. The molecule has 0 fully saturated rings. The number of rotatable bonds is 0. The molecule has 0 N–H and O–H groups in total. The van der Waals surface area contributed by atoms with Crippen LogP contribution in [0.3, 0.4) is 0 Å². The molecule has 0 aliphatic carbocycles. The summed E-state index contributed by atoms with van der Waals surface area (Å²) in [5, 5.41) is 0. The van der Waals surface area contributed by atoms with E-state index in [1.807, 2.05) is 42.5 Å². The van der Waals surface area contributed by atoms with Gasteiger partial charge < -0.3 is 4.74 Å². The lowest BCUT2D eigenvalue weighted by Gasteiger charge is -2.20. The lowest BCUT2D eigenvalue weighted by Crippen LogP contribution is -2.12. The molecule has 3 rings (SSSR count). The molecule has 2 nitrogen and oxygen atoms in total. The summed E-state index contributed by atoms with van der Waals surface area (Å²) in [5.41, 5.74) is 2.81. The van der Waals surface area contributed by atoms with Gasteiger partial charge in [0.05, 0.1) is 5.56 Å². The van der Waals surface area contributed by atoms with E-state index < -0.39 is 0 Å². The SMILES string of the molecule is CC(C)(C)c1ccc2c(c1)C(=O)Cc1ccccc1O2. The summed E-state index contributed by atoms with van der Waals surface area (Å²) < 4.78 is 5.92. The molecule has 2 aromatic carbocycles. The topological polar surface area (TPSA) is 26.3 Å². The summed E-state index contributed by atoms with van der Waals surface area (Å²) >= 11 is 0. The molecule has 0 saturated carbocycles. The first-order valence-electron chi connectivity index (χ1n) is 6.88. The van der Waals surface area contributed by atoms with Gasteiger partial charge in [-0.25, -0.2) is 0 Å². The number of hydrogen-bond acceptors (Lipinski definition) is 2. The molecule has 102 valence electrons. The molecule has 0 bridgehead atoms. The number of benzene rings is 2. The molecule has 0 saturated heterocycles. The Morgan fingerprint density at radius 3 is 2.50 bits per heavy atom. The minimum Gasteiger partial charge on any atom is -0.456 e. The van der Waals surface area contributed by atoms with Crippen molar-refractivity contribution < 1.29 is 9.53 Å². The van der Waals surface area contributed by atoms with Crippen molar-refractivity contribution in [2.45, 2.75) is 32.6 Å². The Labute approximate surface area is 119 Å². The van der Waals surface area contributed by atoms with Crippen LogP contribution in [0.4, 0.5) is 0 Å². The van der Waals surface area contributed by atoms with Crippen molar-refractivity contribution in [1.82, 2.24) is 0 Å². The highest BCUT2D eigenvalue weighted by atomic mass is 16.5. The van der Waals surface area contributed by atoms with Crippen LogP contribution >= 0.6 is 0 Å². The van der Waals surface area contributed by atoms with Crippen molar-refractivity contribution in [1.29, 1.82) is 0 Å². The van der Waals surface area contributed by atoms with Gasteiger partial charge in [-0.1, -0.05) is 45.0 Å². The fourth-order valence-electron chi connectivity index (χ4n) is 2.44. The van der Waals surface area contributed by atoms with Crippen LogP contribution < -0.4 is 4.74 Å².